The summed E-state index contributed by atoms with van der Waals surface area (Å²) in [4.78, 5) is 13.2. The minimum absolute atomic E-state index is 0.0549. The summed E-state index contributed by atoms with van der Waals surface area (Å²) in [5, 5.41) is 6.37. The normalized spacial score (nSPS) is 13.6. The number of nitrogens with one attached hydrogen (secondary N) is 2. The summed E-state index contributed by atoms with van der Waals surface area (Å²) in [6.07, 6.45) is 15.0. The molecule has 0 aliphatic heterocycles. The van der Waals surface area contributed by atoms with Gasteiger partial charge in [0, 0.05) is 42.5 Å². The standard InChI is InChI=1S/C23H27N5/c1-7-16(2)15-17(3)10-11-18(4)27-23-26-14-12-21(28-23)19(5)20-9-8-13-25-22(20)24-6/h1,8-16,18H,5H2,2-4,6H3,(H,24,25)(H,26,27,28)/b11-10-,17-15-. The van der Waals surface area contributed by atoms with Crippen LogP contribution in [-0.4, -0.2) is 28.0 Å². The molecule has 0 aromatic carbocycles. The molecule has 2 aromatic heterocycles. The Morgan fingerprint density at radius 3 is 2.75 bits per heavy atom. The fourth-order valence-corrected chi connectivity index (χ4v) is 2.63. The first kappa shape index (κ1) is 20.9. The molecule has 28 heavy (non-hydrogen) atoms. The number of hydrogen-bond acceptors (Lipinski definition) is 5. The van der Waals surface area contributed by atoms with Gasteiger partial charge in [0.2, 0.25) is 5.95 Å². The maximum absolute atomic E-state index is 5.41. The van der Waals surface area contributed by atoms with Crippen molar-refractivity contribution in [2.45, 2.75) is 26.8 Å². The van der Waals surface area contributed by atoms with Gasteiger partial charge < -0.3 is 10.6 Å². The molecule has 0 bridgehead atoms. The molecule has 0 amide bonds. The minimum Gasteiger partial charge on any atom is -0.373 e. The van der Waals surface area contributed by atoms with Crippen LogP contribution in [0.15, 0.2) is 61.0 Å². The van der Waals surface area contributed by atoms with Crippen molar-refractivity contribution in [2.24, 2.45) is 5.92 Å². The van der Waals surface area contributed by atoms with Gasteiger partial charge in [0.05, 0.1) is 5.69 Å². The van der Waals surface area contributed by atoms with Gasteiger partial charge in [0.1, 0.15) is 5.82 Å². The van der Waals surface area contributed by atoms with Crippen LogP contribution in [0.3, 0.4) is 0 Å². The van der Waals surface area contributed by atoms with E-state index in [9.17, 15) is 0 Å². The van der Waals surface area contributed by atoms with E-state index in [-0.39, 0.29) is 12.0 Å². The van der Waals surface area contributed by atoms with Gasteiger partial charge in [-0.15, -0.1) is 6.42 Å². The van der Waals surface area contributed by atoms with Crippen molar-refractivity contribution < 1.29 is 0 Å². The van der Waals surface area contributed by atoms with Gasteiger partial charge in [-0.2, -0.15) is 0 Å². The van der Waals surface area contributed by atoms with Crippen molar-refractivity contribution in [3.63, 3.8) is 0 Å². The maximum atomic E-state index is 5.41. The number of terminal acetylenes is 1. The number of pyridine rings is 1. The third-order valence-corrected chi connectivity index (χ3v) is 4.11. The lowest BCUT2D eigenvalue weighted by atomic mass is 10.1. The van der Waals surface area contributed by atoms with E-state index >= 15 is 0 Å². The van der Waals surface area contributed by atoms with Gasteiger partial charge in [-0.1, -0.05) is 36.3 Å². The van der Waals surface area contributed by atoms with E-state index in [2.05, 4.69) is 50.2 Å². The Morgan fingerprint density at radius 1 is 1.25 bits per heavy atom. The zero-order valence-electron chi connectivity index (χ0n) is 16.9. The number of anilines is 2. The van der Waals surface area contributed by atoms with Gasteiger partial charge in [0.15, 0.2) is 0 Å². The van der Waals surface area contributed by atoms with Crippen LogP contribution in [0, 0.1) is 18.3 Å². The Labute approximate surface area is 167 Å². The lowest BCUT2D eigenvalue weighted by Crippen LogP contribution is -2.14. The van der Waals surface area contributed by atoms with E-state index in [1.165, 1.54) is 0 Å². The molecule has 0 saturated carbocycles. The van der Waals surface area contributed by atoms with Gasteiger partial charge in [-0.3, -0.25) is 0 Å². The molecule has 0 spiro atoms. The molecule has 2 heterocycles. The fraction of sp³-hybridized carbons (Fsp3) is 0.261. The minimum atomic E-state index is 0.0549. The van der Waals surface area contributed by atoms with Gasteiger partial charge in [0.25, 0.3) is 0 Å². The molecule has 144 valence electrons. The highest BCUT2D eigenvalue weighted by Crippen LogP contribution is 2.25. The lowest BCUT2D eigenvalue weighted by Gasteiger charge is -2.13. The Hall–Kier alpha value is -3.39. The molecule has 2 rings (SSSR count). The Morgan fingerprint density at radius 2 is 2.04 bits per heavy atom. The van der Waals surface area contributed by atoms with Crippen LogP contribution in [0.2, 0.25) is 0 Å². The van der Waals surface area contributed by atoms with Crippen molar-refractivity contribution in [3.8, 4) is 12.3 Å². The number of hydrogen-bond donors (Lipinski definition) is 2. The van der Waals surface area contributed by atoms with Crippen LogP contribution in [0.1, 0.15) is 32.0 Å². The third kappa shape index (κ3) is 5.82. The molecule has 2 aromatic rings. The third-order valence-electron chi connectivity index (χ3n) is 4.11. The monoisotopic (exact) mass is 373 g/mol. The SMILES string of the molecule is C#CC(C)/C=C(C)\C=C/C(C)Nc1nccc(C(=C)c2cccnc2NC)n1. The molecule has 2 atom stereocenters. The van der Waals surface area contributed by atoms with Crippen molar-refractivity contribution in [2.75, 3.05) is 17.7 Å². The highest BCUT2D eigenvalue weighted by Gasteiger charge is 2.10. The predicted octanol–water partition coefficient (Wildman–Crippen LogP) is 4.55. The summed E-state index contributed by atoms with van der Waals surface area (Å²) >= 11 is 0. The second-order valence-electron chi connectivity index (χ2n) is 6.55. The van der Waals surface area contributed by atoms with Crippen LogP contribution in [0.4, 0.5) is 11.8 Å². The highest BCUT2D eigenvalue weighted by atomic mass is 15.1. The molecule has 0 saturated heterocycles. The summed E-state index contributed by atoms with van der Waals surface area (Å²) in [5.41, 5.74) is 3.56. The van der Waals surface area contributed by atoms with Gasteiger partial charge in [-0.05, 0) is 39.0 Å². The average Bonchev–Trinajstić information content (AvgIpc) is 2.71. The molecule has 0 fully saturated rings. The average molecular weight is 374 g/mol. The van der Waals surface area contributed by atoms with Crippen LogP contribution < -0.4 is 10.6 Å². The zero-order chi connectivity index (χ0) is 20.5. The summed E-state index contributed by atoms with van der Waals surface area (Å²) in [6.45, 7) is 10.3. The van der Waals surface area contributed by atoms with Crippen LogP contribution in [-0.2, 0) is 0 Å². The van der Waals surface area contributed by atoms with E-state index in [0.717, 1.165) is 28.2 Å². The van der Waals surface area contributed by atoms with Crippen LogP contribution in [0.25, 0.3) is 5.57 Å². The first-order chi connectivity index (χ1) is 13.4. The number of rotatable bonds is 8. The van der Waals surface area contributed by atoms with Crippen LogP contribution in [0.5, 0.6) is 0 Å². The molecular formula is C23H27N5. The molecule has 0 aliphatic carbocycles. The Kier molecular flexibility index (Phi) is 7.53. The van der Waals surface area contributed by atoms with E-state index in [4.69, 9.17) is 6.42 Å². The summed E-state index contributed by atoms with van der Waals surface area (Å²) in [6, 6.07) is 5.74. The summed E-state index contributed by atoms with van der Waals surface area (Å²) in [7, 11) is 1.83. The predicted molar refractivity (Wildman–Crippen MR) is 118 cm³/mol. The Bertz CT molecular complexity index is 921. The summed E-state index contributed by atoms with van der Waals surface area (Å²) in [5.74, 6) is 4.13. The van der Waals surface area contributed by atoms with Gasteiger partial charge >= 0.3 is 0 Å². The quantitative estimate of drug-likeness (QED) is 0.525. The molecular weight excluding hydrogens is 346 g/mol. The molecule has 0 radical (unpaired) electrons. The van der Waals surface area contributed by atoms with E-state index in [1.807, 2.05) is 52.1 Å². The fourth-order valence-electron chi connectivity index (χ4n) is 2.63. The largest absolute Gasteiger partial charge is 0.373 e. The number of nitrogens with zero attached hydrogens (tertiary/aromatic N) is 3. The summed E-state index contributed by atoms with van der Waals surface area (Å²) < 4.78 is 0. The number of allylic oxidation sites excluding steroid dienone is 3. The van der Waals surface area contributed by atoms with Crippen molar-refractivity contribution >= 4 is 17.3 Å². The highest BCUT2D eigenvalue weighted by molar-refractivity contribution is 5.82. The zero-order valence-corrected chi connectivity index (χ0v) is 16.9. The smallest absolute Gasteiger partial charge is 0.223 e. The van der Waals surface area contributed by atoms with E-state index < -0.39 is 0 Å². The molecule has 0 aliphatic rings. The molecule has 2 unspecified atom stereocenters. The van der Waals surface area contributed by atoms with Crippen LogP contribution >= 0.6 is 0 Å². The maximum Gasteiger partial charge on any atom is 0.223 e. The number of aromatic nitrogens is 3. The Balaban J connectivity index is 2.12. The topological polar surface area (TPSA) is 62.7 Å². The van der Waals surface area contributed by atoms with E-state index in [0.29, 0.717) is 5.95 Å². The van der Waals surface area contributed by atoms with E-state index in [1.54, 1.807) is 12.4 Å². The lowest BCUT2D eigenvalue weighted by molar-refractivity contribution is 0.946. The second kappa shape index (κ2) is 10.1. The molecule has 2 N–H and O–H groups in total. The molecule has 5 nitrogen and oxygen atoms in total. The first-order valence-electron chi connectivity index (χ1n) is 9.19. The molecule has 5 heteroatoms. The van der Waals surface area contributed by atoms with Crippen molar-refractivity contribution in [1.82, 2.24) is 15.0 Å². The second-order valence-corrected chi connectivity index (χ2v) is 6.55. The first-order valence-corrected chi connectivity index (χ1v) is 9.19. The van der Waals surface area contributed by atoms with Gasteiger partial charge in [-0.25, -0.2) is 15.0 Å². The van der Waals surface area contributed by atoms with Crippen molar-refractivity contribution in [3.05, 3.63) is 72.2 Å². The van der Waals surface area contributed by atoms with Crippen molar-refractivity contribution in [1.29, 1.82) is 0 Å².